The second kappa shape index (κ2) is 8.08. The molecule has 0 unspecified atom stereocenters. The number of furan rings is 1. The standard InChI is InChI=1S/C23H19N3O4/c1-14(27)24-15-9-10-21(29-2)19(12-15)26-23(28)17-13-20(22-8-5-11-30-22)25-18-7-4-3-6-16(17)18/h3-13H,1-2H3,(H,24,27)(H,26,28). The first-order valence-corrected chi connectivity index (χ1v) is 9.26. The molecule has 150 valence electrons. The Balaban J connectivity index is 1.76. The number of anilines is 2. The number of nitrogens with zero attached hydrogens (tertiary/aromatic N) is 1. The van der Waals surface area contributed by atoms with Crippen molar-refractivity contribution in [3.63, 3.8) is 0 Å². The van der Waals surface area contributed by atoms with Crippen molar-refractivity contribution in [3.05, 3.63) is 72.5 Å². The van der Waals surface area contributed by atoms with Gasteiger partial charge in [0.2, 0.25) is 5.91 Å². The van der Waals surface area contributed by atoms with Crippen LogP contribution in [0.5, 0.6) is 5.75 Å². The van der Waals surface area contributed by atoms with E-state index in [4.69, 9.17) is 9.15 Å². The fourth-order valence-corrected chi connectivity index (χ4v) is 3.19. The second-order valence-electron chi connectivity index (χ2n) is 6.60. The van der Waals surface area contributed by atoms with E-state index in [1.54, 1.807) is 42.7 Å². The molecule has 0 saturated heterocycles. The fraction of sp³-hybridized carbons (Fsp3) is 0.0870. The number of aromatic nitrogens is 1. The lowest BCUT2D eigenvalue weighted by molar-refractivity contribution is -0.114. The van der Waals surface area contributed by atoms with E-state index in [2.05, 4.69) is 15.6 Å². The molecule has 0 aliphatic heterocycles. The van der Waals surface area contributed by atoms with E-state index in [0.717, 1.165) is 0 Å². The van der Waals surface area contributed by atoms with Crippen molar-refractivity contribution in [3.8, 4) is 17.2 Å². The molecule has 2 heterocycles. The van der Waals surface area contributed by atoms with E-state index < -0.39 is 0 Å². The number of pyridine rings is 1. The van der Waals surface area contributed by atoms with Crippen molar-refractivity contribution in [2.45, 2.75) is 6.92 Å². The molecular formula is C23H19N3O4. The summed E-state index contributed by atoms with van der Waals surface area (Å²) < 4.78 is 10.8. The summed E-state index contributed by atoms with van der Waals surface area (Å²) in [5, 5.41) is 6.29. The number of para-hydroxylation sites is 1. The molecule has 0 spiro atoms. The Morgan fingerprint density at radius 3 is 2.57 bits per heavy atom. The van der Waals surface area contributed by atoms with Crippen LogP contribution < -0.4 is 15.4 Å². The average molecular weight is 401 g/mol. The number of amides is 2. The number of carbonyl (C=O) groups excluding carboxylic acids is 2. The molecule has 2 aromatic carbocycles. The molecule has 2 N–H and O–H groups in total. The summed E-state index contributed by atoms with van der Waals surface area (Å²) in [5.74, 6) is 0.502. The number of fused-ring (bicyclic) bond motifs is 1. The van der Waals surface area contributed by atoms with Gasteiger partial charge in [0.05, 0.1) is 30.1 Å². The molecule has 2 aromatic heterocycles. The van der Waals surface area contributed by atoms with E-state index in [1.807, 2.05) is 24.3 Å². The van der Waals surface area contributed by atoms with Crippen LogP contribution in [0.1, 0.15) is 17.3 Å². The number of nitrogens with one attached hydrogen (secondary N) is 2. The number of carbonyl (C=O) groups is 2. The Morgan fingerprint density at radius 2 is 1.83 bits per heavy atom. The van der Waals surface area contributed by atoms with E-state index in [0.29, 0.717) is 45.0 Å². The summed E-state index contributed by atoms with van der Waals surface area (Å²) in [5.41, 5.74) is 2.67. The molecule has 0 bridgehead atoms. The van der Waals surface area contributed by atoms with Gasteiger partial charge in [0.1, 0.15) is 11.4 Å². The highest BCUT2D eigenvalue weighted by Gasteiger charge is 2.17. The molecule has 0 atom stereocenters. The van der Waals surface area contributed by atoms with Crippen LogP contribution in [-0.4, -0.2) is 23.9 Å². The Bertz CT molecular complexity index is 1230. The van der Waals surface area contributed by atoms with Crippen molar-refractivity contribution in [2.75, 3.05) is 17.7 Å². The van der Waals surface area contributed by atoms with Gasteiger partial charge in [-0.15, -0.1) is 0 Å². The maximum atomic E-state index is 13.2. The molecule has 4 aromatic rings. The minimum atomic E-state index is -0.334. The highest BCUT2D eigenvalue weighted by atomic mass is 16.5. The Morgan fingerprint density at radius 1 is 1.00 bits per heavy atom. The molecule has 0 aliphatic carbocycles. The van der Waals surface area contributed by atoms with Crippen LogP contribution in [0.2, 0.25) is 0 Å². The molecular weight excluding hydrogens is 382 g/mol. The molecule has 0 radical (unpaired) electrons. The van der Waals surface area contributed by atoms with Crippen LogP contribution in [-0.2, 0) is 4.79 Å². The Labute approximate surface area is 172 Å². The van der Waals surface area contributed by atoms with Crippen molar-refractivity contribution in [2.24, 2.45) is 0 Å². The third-order valence-corrected chi connectivity index (χ3v) is 4.50. The first-order valence-electron chi connectivity index (χ1n) is 9.26. The number of hydrogen-bond acceptors (Lipinski definition) is 5. The van der Waals surface area contributed by atoms with Gasteiger partial charge in [0, 0.05) is 18.0 Å². The first kappa shape index (κ1) is 19.2. The average Bonchev–Trinajstić information content (AvgIpc) is 3.27. The number of methoxy groups -OCH3 is 1. The van der Waals surface area contributed by atoms with Crippen LogP contribution in [0.15, 0.2) is 71.3 Å². The van der Waals surface area contributed by atoms with E-state index in [1.165, 1.54) is 14.0 Å². The lowest BCUT2D eigenvalue weighted by Gasteiger charge is -2.14. The molecule has 0 saturated carbocycles. The van der Waals surface area contributed by atoms with E-state index in [-0.39, 0.29) is 11.8 Å². The van der Waals surface area contributed by atoms with Gasteiger partial charge in [-0.25, -0.2) is 4.98 Å². The van der Waals surface area contributed by atoms with Crippen LogP contribution in [0, 0.1) is 0 Å². The van der Waals surface area contributed by atoms with Gasteiger partial charge < -0.3 is 19.8 Å². The molecule has 7 nitrogen and oxygen atoms in total. The summed E-state index contributed by atoms with van der Waals surface area (Å²) >= 11 is 0. The zero-order chi connectivity index (χ0) is 21.1. The quantitative estimate of drug-likeness (QED) is 0.505. The summed E-state index contributed by atoms with van der Waals surface area (Å²) in [4.78, 5) is 29.2. The second-order valence-corrected chi connectivity index (χ2v) is 6.60. The van der Waals surface area contributed by atoms with Gasteiger partial charge >= 0.3 is 0 Å². The molecule has 0 aliphatic rings. The first-order chi connectivity index (χ1) is 14.5. The molecule has 4 rings (SSSR count). The largest absolute Gasteiger partial charge is 0.495 e. The zero-order valence-corrected chi connectivity index (χ0v) is 16.4. The highest BCUT2D eigenvalue weighted by molar-refractivity contribution is 6.13. The number of hydrogen-bond donors (Lipinski definition) is 2. The molecule has 7 heteroatoms. The van der Waals surface area contributed by atoms with Gasteiger partial charge in [-0.1, -0.05) is 18.2 Å². The lowest BCUT2D eigenvalue weighted by atomic mass is 10.1. The number of ether oxygens (including phenoxy) is 1. The monoisotopic (exact) mass is 401 g/mol. The van der Waals surface area contributed by atoms with Crippen molar-refractivity contribution in [1.82, 2.24) is 4.98 Å². The molecule has 2 amide bonds. The SMILES string of the molecule is COc1ccc(NC(C)=O)cc1NC(=O)c1cc(-c2ccco2)nc2ccccc12. The van der Waals surface area contributed by atoms with Crippen molar-refractivity contribution < 1.29 is 18.7 Å². The van der Waals surface area contributed by atoms with Crippen molar-refractivity contribution >= 4 is 34.1 Å². The maximum Gasteiger partial charge on any atom is 0.256 e. The highest BCUT2D eigenvalue weighted by Crippen LogP contribution is 2.30. The minimum Gasteiger partial charge on any atom is -0.495 e. The smallest absolute Gasteiger partial charge is 0.256 e. The third kappa shape index (κ3) is 3.86. The van der Waals surface area contributed by atoms with Crippen LogP contribution in [0.3, 0.4) is 0 Å². The Kier molecular flexibility index (Phi) is 5.17. The number of benzene rings is 2. The van der Waals surface area contributed by atoms with Gasteiger partial charge in [0.25, 0.3) is 5.91 Å². The topological polar surface area (TPSA) is 93.5 Å². The predicted octanol–water partition coefficient (Wildman–Crippen LogP) is 4.71. The van der Waals surface area contributed by atoms with Crippen molar-refractivity contribution in [1.29, 1.82) is 0 Å². The summed E-state index contributed by atoms with van der Waals surface area (Å²) in [6.07, 6.45) is 1.56. The van der Waals surface area contributed by atoms with Crippen LogP contribution in [0.25, 0.3) is 22.4 Å². The van der Waals surface area contributed by atoms with Gasteiger partial charge in [-0.05, 0) is 42.5 Å². The van der Waals surface area contributed by atoms with E-state index >= 15 is 0 Å². The molecule has 30 heavy (non-hydrogen) atoms. The number of rotatable bonds is 5. The summed E-state index contributed by atoms with van der Waals surface area (Å²) in [6.45, 7) is 1.42. The van der Waals surface area contributed by atoms with Crippen LogP contribution in [0.4, 0.5) is 11.4 Å². The zero-order valence-electron chi connectivity index (χ0n) is 16.4. The normalized spacial score (nSPS) is 10.6. The Hall–Kier alpha value is -4.13. The van der Waals surface area contributed by atoms with Gasteiger partial charge in [-0.2, -0.15) is 0 Å². The van der Waals surface area contributed by atoms with Gasteiger partial charge in [-0.3, -0.25) is 9.59 Å². The maximum absolute atomic E-state index is 13.2. The van der Waals surface area contributed by atoms with Crippen LogP contribution >= 0.6 is 0 Å². The fourth-order valence-electron chi connectivity index (χ4n) is 3.19. The lowest BCUT2D eigenvalue weighted by Crippen LogP contribution is -2.14. The minimum absolute atomic E-state index is 0.208. The summed E-state index contributed by atoms with van der Waals surface area (Å²) in [6, 6.07) is 17.7. The summed E-state index contributed by atoms with van der Waals surface area (Å²) in [7, 11) is 1.51. The van der Waals surface area contributed by atoms with E-state index in [9.17, 15) is 9.59 Å². The molecule has 0 fully saturated rings. The third-order valence-electron chi connectivity index (χ3n) is 4.50. The predicted molar refractivity (Wildman–Crippen MR) is 115 cm³/mol. The van der Waals surface area contributed by atoms with Gasteiger partial charge in [0.15, 0.2) is 5.76 Å².